The molecule has 2 unspecified atom stereocenters. The quantitative estimate of drug-likeness (QED) is 0.623. The second kappa shape index (κ2) is 10.7. The van der Waals surface area contributed by atoms with E-state index in [9.17, 15) is 19.2 Å². The average Bonchev–Trinajstić information content (AvgIpc) is 3.07. The van der Waals surface area contributed by atoms with Gasteiger partial charge in [-0.05, 0) is 32.8 Å². The van der Waals surface area contributed by atoms with E-state index in [-0.39, 0.29) is 24.5 Å². The Morgan fingerprint density at radius 1 is 1.15 bits per heavy atom. The van der Waals surface area contributed by atoms with E-state index in [1.54, 1.807) is 20.8 Å². The lowest BCUT2D eigenvalue weighted by atomic mass is 10.0. The SMILES string of the molecule is CC(C)(C)OC(=O)N1CCN2C(=O)NC(=O)C2C1.O=C(O)N1CCOCC1Cc1ccccc1. The van der Waals surface area contributed by atoms with Gasteiger partial charge in [-0.15, -0.1) is 0 Å². The van der Waals surface area contributed by atoms with Crippen LogP contribution >= 0.6 is 0 Å². The monoisotopic (exact) mass is 476 g/mol. The number of imide groups is 1. The summed E-state index contributed by atoms with van der Waals surface area (Å²) in [5.74, 6) is -0.353. The fourth-order valence-corrected chi connectivity index (χ4v) is 3.97. The van der Waals surface area contributed by atoms with E-state index in [1.165, 1.54) is 14.7 Å². The van der Waals surface area contributed by atoms with Crippen molar-refractivity contribution in [2.45, 2.75) is 44.9 Å². The molecule has 186 valence electrons. The molecule has 0 aliphatic carbocycles. The first-order valence-corrected chi connectivity index (χ1v) is 11.3. The van der Waals surface area contributed by atoms with E-state index < -0.39 is 23.8 Å². The number of rotatable bonds is 2. The van der Waals surface area contributed by atoms with Gasteiger partial charge >= 0.3 is 18.2 Å². The van der Waals surface area contributed by atoms with Crippen molar-refractivity contribution in [2.75, 3.05) is 39.4 Å². The third-order valence-corrected chi connectivity index (χ3v) is 5.61. The maximum Gasteiger partial charge on any atom is 0.410 e. The molecule has 0 saturated carbocycles. The van der Waals surface area contributed by atoms with Gasteiger partial charge in [0.15, 0.2) is 0 Å². The number of piperazine rings is 1. The van der Waals surface area contributed by atoms with Crippen molar-refractivity contribution < 1.29 is 33.8 Å². The van der Waals surface area contributed by atoms with Crippen LogP contribution in [0.4, 0.5) is 14.4 Å². The highest BCUT2D eigenvalue weighted by atomic mass is 16.6. The number of ether oxygens (including phenoxy) is 2. The van der Waals surface area contributed by atoms with Gasteiger partial charge in [0.1, 0.15) is 11.6 Å². The van der Waals surface area contributed by atoms with E-state index in [0.717, 1.165) is 5.56 Å². The van der Waals surface area contributed by atoms with Crippen LogP contribution in [0.2, 0.25) is 0 Å². The highest BCUT2D eigenvalue weighted by Gasteiger charge is 2.43. The predicted octanol–water partition coefficient (Wildman–Crippen LogP) is 1.77. The number of nitrogens with one attached hydrogen (secondary N) is 1. The second-order valence-electron chi connectivity index (χ2n) is 9.32. The fraction of sp³-hybridized carbons (Fsp3) is 0.565. The molecule has 1 aromatic carbocycles. The van der Waals surface area contributed by atoms with Crippen LogP contribution < -0.4 is 5.32 Å². The van der Waals surface area contributed by atoms with Gasteiger partial charge in [-0.25, -0.2) is 14.4 Å². The Bertz CT molecular complexity index is 902. The number of hydrogen-bond acceptors (Lipinski definition) is 6. The van der Waals surface area contributed by atoms with Gasteiger partial charge in [0.05, 0.1) is 25.8 Å². The van der Waals surface area contributed by atoms with Crippen LogP contribution in [0.3, 0.4) is 0 Å². The third-order valence-electron chi connectivity index (χ3n) is 5.61. The van der Waals surface area contributed by atoms with Crippen molar-refractivity contribution in [3.05, 3.63) is 35.9 Å². The van der Waals surface area contributed by atoms with E-state index in [0.29, 0.717) is 39.3 Å². The molecule has 3 heterocycles. The number of urea groups is 1. The van der Waals surface area contributed by atoms with Crippen molar-refractivity contribution >= 4 is 24.1 Å². The molecule has 11 nitrogen and oxygen atoms in total. The molecule has 3 aliphatic rings. The summed E-state index contributed by atoms with van der Waals surface area (Å²) in [6.07, 6.45) is -0.591. The lowest BCUT2D eigenvalue weighted by Gasteiger charge is -2.36. The normalized spacial score (nSPS) is 22.4. The Balaban J connectivity index is 0.000000192. The summed E-state index contributed by atoms with van der Waals surface area (Å²) in [6, 6.07) is 8.87. The summed E-state index contributed by atoms with van der Waals surface area (Å²) in [6.45, 7) is 7.72. The zero-order valence-corrected chi connectivity index (χ0v) is 19.7. The standard InChI is InChI=1S/C12H15NO3.C11H17N3O4/c14-12(15)13-6-7-16-9-11(13)8-10-4-2-1-3-5-10;1-11(2,3)18-10(17)13-4-5-14-7(6-13)8(15)12-9(14)16/h1-5,11H,6-9H2,(H,14,15);7H,4-6H2,1-3H3,(H,12,15,16). The second-order valence-corrected chi connectivity index (χ2v) is 9.32. The van der Waals surface area contributed by atoms with Gasteiger partial charge in [0, 0.05) is 19.6 Å². The van der Waals surface area contributed by atoms with Gasteiger partial charge in [-0.3, -0.25) is 10.1 Å². The van der Waals surface area contributed by atoms with E-state index >= 15 is 0 Å². The third kappa shape index (κ3) is 6.60. The molecule has 2 N–H and O–H groups in total. The Kier molecular flexibility index (Phi) is 7.98. The number of benzene rings is 1. The highest BCUT2D eigenvalue weighted by molar-refractivity contribution is 6.04. The van der Waals surface area contributed by atoms with Gasteiger partial charge < -0.3 is 29.3 Å². The summed E-state index contributed by atoms with van der Waals surface area (Å²) in [5, 5.41) is 11.3. The molecule has 0 bridgehead atoms. The van der Waals surface area contributed by atoms with E-state index in [1.807, 2.05) is 30.3 Å². The maximum atomic E-state index is 11.9. The van der Waals surface area contributed by atoms with Crippen LogP contribution in [0, 0.1) is 0 Å². The van der Waals surface area contributed by atoms with Crippen molar-refractivity contribution in [1.29, 1.82) is 0 Å². The van der Waals surface area contributed by atoms with Gasteiger partial charge in [-0.2, -0.15) is 0 Å². The Morgan fingerprint density at radius 2 is 1.85 bits per heavy atom. The first-order valence-electron chi connectivity index (χ1n) is 11.3. The number of nitrogens with zero attached hydrogens (tertiary/aromatic N) is 3. The van der Waals surface area contributed by atoms with Gasteiger partial charge in [-0.1, -0.05) is 30.3 Å². The maximum absolute atomic E-state index is 11.9. The molecule has 5 amide bonds. The first-order chi connectivity index (χ1) is 16.0. The summed E-state index contributed by atoms with van der Waals surface area (Å²) < 4.78 is 10.6. The van der Waals surface area contributed by atoms with Crippen molar-refractivity contribution in [2.24, 2.45) is 0 Å². The first kappa shape index (κ1) is 25.3. The average molecular weight is 477 g/mol. The van der Waals surface area contributed by atoms with Crippen LogP contribution in [0.15, 0.2) is 30.3 Å². The van der Waals surface area contributed by atoms with Crippen molar-refractivity contribution in [3.63, 3.8) is 0 Å². The lowest BCUT2D eigenvalue weighted by molar-refractivity contribution is -0.122. The van der Waals surface area contributed by atoms with E-state index in [2.05, 4.69) is 5.32 Å². The lowest BCUT2D eigenvalue weighted by Crippen LogP contribution is -2.55. The smallest absolute Gasteiger partial charge is 0.410 e. The van der Waals surface area contributed by atoms with Gasteiger partial charge in [0.25, 0.3) is 5.91 Å². The number of carbonyl (C=O) groups excluding carboxylic acids is 3. The molecule has 4 rings (SSSR count). The molecule has 0 aromatic heterocycles. The van der Waals surface area contributed by atoms with Crippen molar-refractivity contribution in [1.82, 2.24) is 20.0 Å². The molecule has 34 heavy (non-hydrogen) atoms. The van der Waals surface area contributed by atoms with Crippen LogP contribution in [0.1, 0.15) is 26.3 Å². The molecule has 0 radical (unpaired) electrons. The Hall–Kier alpha value is -3.34. The van der Waals surface area contributed by atoms with E-state index in [4.69, 9.17) is 14.6 Å². The molecule has 0 spiro atoms. The molecule has 2 atom stereocenters. The molecule has 1 aromatic rings. The van der Waals surface area contributed by atoms with Gasteiger partial charge in [0.2, 0.25) is 0 Å². The number of hydrogen-bond donors (Lipinski definition) is 2. The summed E-state index contributed by atoms with van der Waals surface area (Å²) in [4.78, 5) is 50.2. The summed E-state index contributed by atoms with van der Waals surface area (Å²) in [7, 11) is 0. The number of carboxylic acid groups (broad SMARTS) is 1. The minimum absolute atomic E-state index is 0.0614. The number of carbonyl (C=O) groups is 4. The molecule has 3 fully saturated rings. The predicted molar refractivity (Wildman–Crippen MR) is 121 cm³/mol. The minimum atomic E-state index is -0.857. The van der Waals surface area contributed by atoms with Crippen LogP contribution in [0.25, 0.3) is 0 Å². The number of morpholine rings is 1. The molecular weight excluding hydrogens is 444 g/mol. The summed E-state index contributed by atoms with van der Waals surface area (Å²) >= 11 is 0. The fourth-order valence-electron chi connectivity index (χ4n) is 3.97. The molecular formula is C23H32N4O7. The highest BCUT2D eigenvalue weighted by Crippen LogP contribution is 2.18. The zero-order valence-electron chi connectivity index (χ0n) is 19.7. The zero-order chi connectivity index (χ0) is 24.9. The van der Waals surface area contributed by atoms with Crippen molar-refractivity contribution in [3.8, 4) is 0 Å². The number of amides is 5. The molecule has 3 saturated heterocycles. The molecule has 11 heteroatoms. The molecule has 3 aliphatic heterocycles. The topological polar surface area (TPSA) is 129 Å². The largest absolute Gasteiger partial charge is 0.465 e. The van der Waals surface area contributed by atoms with Crippen LogP contribution in [0.5, 0.6) is 0 Å². The number of fused-ring (bicyclic) bond motifs is 1. The Morgan fingerprint density at radius 3 is 2.50 bits per heavy atom. The van der Waals surface area contributed by atoms with Crippen LogP contribution in [-0.2, 0) is 20.7 Å². The summed E-state index contributed by atoms with van der Waals surface area (Å²) in [5.41, 5.74) is 0.575. The minimum Gasteiger partial charge on any atom is -0.465 e. The van der Waals surface area contributed by atoms with Crippen LogP contribution in [-0.4, -0.2) is 101 Å². The Labute approximate surface area is 198 Å².